The summed E-state index contributed by atoms with van der Waals surface area (Å²) in [7, 11) is 0. The van der Waals surface area contributed by atoms with Crippen LogP contribution in [0.2, 0.25) is 0 Å². The van der Waals surface area contributed by atoms with Crippen molar-refractivity contribution in [3.8, 4) is 0 Å². The van der Waals surface area contributed by atoms with Crippen molar-refractivity contribution in [2.24, 2.45) is 5.41 Å². The molecule has 0 radical (unpaired) electrons. The number of rotatable bonds is 4. The topological polar surface area (TPSA) is 55.2 Å². The Labute approximate surface area is 116 Å². The normalized spacial score (nSPS) is 13.4. The van der Waals surface area contributed by atoms with Crippen LogP contribution in [0.15, 0.2) is 22.7 Å². The third kappa shape index (κ3) is 4.07. The summed E-state index contributed by atoms with van der Waals surface area (Å²) in [4.78, 5) is 10.6. The van der Waals surface area contributed by atoms with Crippen molar-refractivity contribution in [3.05, 3.63) is 38.3 Å². The highest BCUT2D eigenvalue weighted by Gasteiger charge is 2.21. The van der Waals surface area contributed by atoms with Gasteiger partial charge in [-0.2, -0.15) is 0 Å². The second kappa shape index (κ2) is 5.80. The molecule has 1 N–H and O–H groups in total. The maximum Gasteiger partial charge on any atom is 0.273 e. The fourth-order valence-electron chi connectivity index (χ4n) is 1.44. The van der Waals surface area contributed by atoms with E-state index in [-0.39, 0.29) is 22.1 Å². The van der Waals surface area contributed by atoms with Crippen LogP contribution in [0, 0.1) is 15.5 Å². The quantitative estimate of drug-likeness (QED) is 0.677. The van der Waals surface area contributed by atoms with Gasteiger partial charge in [0.05, 0.1) is 4.92 Å². The molecule has 0 aliphatic heterocycles. The Balaban J connectivity index is 2.84. The van der Waals surface area contributed by atoms with Gasteiger partial charge in [-0.1, -0.05) is 36.7 Å². The first kappa shape index (κ1) is 15.1. The molecule has 18 heavy (non-hydrogen) atoms. The van der Waals surface area contributed by atoms with Crippen molar-refractivity contribution in [3.63, 3.8) is 0 Å². The summed E-state index contributed by atoms with van der Waals surface area (Å²) in [6, 6.07) is 5.29. The maximum absolute atomic E-state index is 10.9. The minimum atomic E-state index is -0.342. The molecule has 0 aromatic heterocycles. The second-order valence-electron chi connectivity index (χ2n) is 5.50. The van der Waals surface area contributed by atoms with Gasteiger partial charge < -0.3 is 5.32 Å². The summed E-state index contributed by atoms with van der Waals surface area (Å²) in [5.74, 6) is 0. The van der Waals surface area contributed by atoms with E-state index in [9.17, 15) is 10.1 Å². The number of nitro benzene ring substituents is 1. The molecule has 0 bridgehead atoms. The monoisotopic (exact) mass is 314 g/mol. The zero-order chi connectivity index (χ0) is 13.9. The van der Waals surface area contributed by atoms with Crippen LogP contribution in [0.1, 0.15) is 33.3 Å². The molecule has 0 aliphatic carbocycles. The Kier molecular flexibility index (Phi) is 4.87. The molecular formula is C13H19BrN2O2. The number of hydrogen-bond acceptors (Lipinski definition) is 3. The molecule has 1 aromatic carbocycles. The van der Waals surface area contributed by atoms with Gasteiger partial charge in [0.2, 0.25) is 0 Å². The molecule has 0 heterocycles. The summed E-state index contributed by atoms with van der Waals surface area (Å²) in [5.41, 5.74) is 0.984. The maximum atomic E-state index is 10.9. The van der Waals surface area contributed by atoms with Gasteiger partial charge in [0.1, 0.15) is 0 Å². The molecule has 5 heteroatoms. The van der Waals surface area contributed by atoms with Crippen molar-refractivity contribution >= 4 is 21.6 Å². The highest BCUT2D eigenvalue weighted by Crippen LogP contribution is 2.24. The van der Waals surface area contributed by atoms with E-state index in [4.69, 9.17) is 0 Å². The first-order chi connectivity index (χ1) is 8.21. The van der Waals surface area contributed by atoms with Crippen molar-refractivity contribution in [2.75, 3.05) is 0 Å². The van der Waals surface area contributed by atoms with Crippen LogP contribution < -0.4 is 5.32 Å². The van der Waals surface area contributed by atoms with Gasteiger partial charge in [0, 0.05) is 28.7 Å². The van der Waals surface area contributed by atoms with E-state index in [0.29, 0.717) is 12.1 Å². The van der Waals surface area contributed by atoms with Gasteiger partial charge in [0.15, 0.2) is 0 Å². The van der Waals surface area contributed by atoms with Gasteiger partial charge >= 0.3 is 0 Å². The van der Waals surface area contributed by atoms with E-state index in [0.717, 1.165) is 4.47 Å². The number of nitro groups is 1. The smallest absolute Gasteiger partial charge is 0.273 e. The zero-order valence-electron chi connectivity index (χ0n) is 11.2. The predicted molar refractivity (Wildman–Crippen MR) is 76.6 cm³/mol. The van der Waals surface area contributed by atoms with Gasteiger partial charge in [-0.05, 0) is 24.5 Å². The molecule has 1 unspecified atom stereocenters. The van der Waals surface area contributed by atoms with Crippen molar-refractivity contribution in [1.82, 2.24) is 5.32 Å². The summed E-state index contributed by atoms with van der Waals surface area (Å²) in [6.45, 7) is 9.00. The molecule has 100 valence electrons. The van der Waals surface area contributed by atoms with E-state index in [2.05, 4.69) is 48.9 Å². The first-order valence-electron chi connectivity index (χ1n) is 5.88. The Morgan fingerprint density at radius 2 is 2.06 bits per heavy atom. The van der Waals surface area contributed by atoms with Crippen molar-refractivity contribution in [1.29, 1.82) is 0 Å². The van der Waals surface area contributed by atoms with Crippen LogP contribution in [0.5, 0.6) is 0 Å². The number of benzene rings is 1. The standard InChI is InChI=1S/C13H19BrN2O2/c1-9(13(2,3)4)15-8-10-7-11(14)5-6-12(10)16(17)18/h5-7,9,15H,8H2,1-4H3. The van der Waals surface area contributed by atoms with Gasteiger partial charge in [-0.3, -0.25) is 10.1 Å². The molecular weight excluding hydrogens is 296 g/mol. The molecule has 0 aliphatic rings. The van der Waals surface area contributed by atoms with Crippen LogP contribution in [-0.2, 0) is 6.54 Å². The van der Waals surface area contributed by atoms with Gasteiger partial charge in [0.25, 0.3) is 5.69 Å². The fourth-order valence-corrected chi connectivity index (χ4v) is 1.85. The van der Waals surface area contributed by atoms with Crippen molar-refractivity contribution in [2.45, 2.75) is 40.3 Å². The van der Waals surface area contributed by atoms with E-state index >= 15 is 0 Å². The largest absolute Gasteiger partial charge is 0.309 e. The Morgan fingerprint density at radius 1 is 1.44 bits per heavy atom. The Morgan fingerprint density at radius 3 is 2.56 bits per heavy atom. The molecule has 4 nitrogen and oxygen atoms in total. The summed E-state index contributed by atoms with van der Waals surface area (Å²) in [5, 5.41) is 14.3. The van der Waals surface area contributed by atoms with Crippen LogP contribution in [0.4, 0.5) is 5.69 Å². The molecule has 0 saturated heterocycles. The predicted octanol–water partition coefficient (Wildman–Crippen LogP) is 3.88. The third-order valence-electron chi connectivity index (χ3n) is 3.14. The van der Waals surface area contributed by atoms with Crippen LogP contribution in [-0.4, -0.2) is 11.0 Å². The number of nitrogens with zero attached hydrogens (tertiary/aromatic N) is 1. The van der Waals surface area contributed by atoms with Gasteiger partial charge in [-0.25, -0.2) is 0 Å². The first-order valence-corrected chi connectivity index (χ1v) is 6.67. The number of nitrogens with one attached hydrogen (secondary N) is 1. The van der Waals surface area contributed by atoms with Crippen LogP contribution in [0.25, 0.3) is 0 Å². The molecule has 0 amide bonds. The highest BCUT2D eigenvalue weighted by molar-refractivity contribution is 9.10. The Hall–Kier alpha value is -0.940. The fraction of sp³-hybridized carbons (Fsp3) is 0.538. The second-order valence-corrected chi connectivity index (χ2v) is 6.41. The molecule has 1 atom stereocenters. The molecule has 0 spiro atoms. The Bertz CT molecular complexity index is 441. The lowest BCUT2D eigenvalue weighted by molar-refractivity contribution is -0.385. The van der Waals surface area contributed by atoms with Gasteiger partial charge in [-0.15, -0.1) is 0 Å². The highest BCUT2D eigenvalue weighted by atomic mass is 79.9. The SMILES string of the molecule is CC(NCc1cc(Br)ccc1[N+](=O)[O-])C(C)(C)C. The minimum absolute atomic E-state index is 0.126. The molecule has 0 saturated carbocycles. The summed E-state index contributed by atoms with van der Waals surface area (Å²) >= 11 is 3.34. The molecule has 1 aromatic rings. The molecule has 1 rings (SSSR count). The van der Waals surface area contributed by atoms with Crippen LogP contribution >= 0.6 is 15.9 Å². The van der Waals surface area contributed by atoms with Crippen LogP contribution in [0.3, 0.4) is 0 Å². The summed E-state index contributed by atoms with van der Waals surface area (Å²) < 4.78 is 0.855. The van der Waals surface area contributed by atoms with Crippen molar-refractivity contribution < 1.29 is 4.92 Å². The summed E-state index contributed by atoms with van der Waals surface area (Å²) in [6.07, 6.45) is 0. The average Bonchev–Trinajstić information content (AvgIpc) is 2.24. The number of halogens is 1. The van der Waals surface area contributed by atoms with E-state index in [1.807, 2.05) is 0 Å². The average molecular weight is 315 g/mol. The lowest BCUT2D eigenvalue weighted by Gasteiger charge is -2.28. The lowest BCUT2D eigenvalue weighted by atomic mass is 9.88. The number of hydrogen-bond donors (Lipinski definition) is 1. The van der Waals surface area contributed by atoms with E-state index < -0.39 is 0 Å². The zero-order valence-corrected chi connectivity index (χ0v) is 12.7. The van der Waals surface area contributed by atoms with E-state index in [1.165, 1.54) is 6.07 Å². The lowest BCUT2D eigenvalue weighted by Crippen LogP contribution is -2.37. The minimum Gasteiger partial charge on any atom is -0.309 e. The molecule has 0 fully saturated rings. The van der Waals surface area contributed by atoms with E-state index in [1.54, 1.807) is 12.1 Å². The third-order valence-corrected chi connectivity index (χ3v) is 3.63.